The Morgan fingerprint density at radius 1 is 1.15 bits per heavy atom. The van der Waals surface area contributed by atoms with Crippen molar-refractivity contribution >= 4 is 29.1 Å². The molecule has 5 nitrogen and oxygen atoms in total. The molecule has 0 radical (unpaired) electrons. The molecule has 0 spiro atoms. The second-order valence-electron chi connectivity index (χ2n) is 8.14. The van der Waals surface area contributed by atoms with Crippen molar-refractivity contribution in [3.05, 3.63) is 87.4 Å². The number of rotatable bonds is 7. The van der Waals surface area contributed by atoms with Crippen LogP contribution in [-0.4, -0.2) is 34.7 Å². The standard InChI is InChI=1S/C26H24F2N2O3S/c1-17-29-21(16-34-17)15-33-22-6-2-18(3-7-22)4-9-25(31)30-12-10-19(11-13-30)26(32)23-14-20(27)5-8-24(23)28/h2-9,14,16,19H,10-13,15H2,1H3/b9-4+. The zero-order valence-corrected chi connectivity index (χ0v) is 19.5. The van der Waals surface area contributed by atoms with Crippen molar-refractivity contribution in [3.8, 4) is 5.75 Å². The van der Waals surface area contributed by atoms with Crippen molar-refractivity contribution in [2.24, 2.45) is 5.92 Å². The van der Waals surface area contributed by atoms with Crippen molar-refractivity contribution in [1.82, 2.24) is 9.88 Å². The first-order valence-electron chi connectivity index (χ1n) is 11.0. The summed E-state index contributed by atoms with van der Waals surface area (Å²) in [6, 6.07) is 10.3. The fourth-order valence-corrected chi connectivity index (χ4v) is 4.45. The lowest BCUT2D eigenvalue weighted by Crippen LogP contribution is -2.39. The Balaban J connectivity index is 1.26. The zero-order valence-electron chi connectivity index (χ0n) is 18.7. The number of aromatic nitrogens is 1. The Morgan fingerprint density at radius 2 is 1.88 bits per heavy atom. The predicted octanol–water partition coefficient (Wildman–Crippen LogP) is 5.44. The van der Waals surface area contributed by atoms with Gasteiger partial charge in [-0.15, -0.1) is 11.3 Å². The van der Waals surface area contributed by atoms with Gasteiger partial charge in [-0.3, -0.25) is 9.59 Å². The molecule has 2 heterocycles. The average molecular weight is 483 g/mol. The highest BCUT2D eigenvalue weighted by Crippen LogP contribution is 2.24. The molecular weight excluding hydrogens is 458 g/mol. The third-order valence-electron chi connectivity index (χ3n) is 5.72. The number of ether oxygens (including phenoxy) is 1. The van der Waals surface area contributed by atoms with E-state index in [0.29, 0.717) is 32.5 Å². The summed E-state index contributed by atoms with van der Waals surface area (Å²) in [6.45, 7) is 3.13. The summed E-state index contributed by atoms with van der Waals surface area (Å²) in [5.41, 5.74) is 1.53. The molecule has 0 aliphatic carbocycles. The molecule has 3 aromatic rings. The van der Waals surface area contributed by atoms with Crippen LogP contribution in [-0.2, 0) is 11.4 Å². The van der Waals surface area contributed by atoms with E-state index in [1.807, 2.05) is 36.6 Å². The van der Waals surface area contributed by atoms with Crippen LogP contribution in [0.4, 0.5) is 8.78 Å². The minimum Gasteiger partial charge on any atom is -0.487 e. The second-order valence-corrected chi connectivity index (χ2v) is 9.20. The summed E-state index contributed by atoms with van der Waals surface area (Å²) in [6.07, 6.45) is 4.06. The van der Waals surface area contributed by atoms with Gasteiger partial charge < -0.3 is 9.64 Å². The van der Waals surface area contributed by atoms with Crippen LogP contribution in [0.2, 0.25) is 0 Å². The third kappa shape index (κ3) is 5.94. The lowest BCUT2D eigenvalue weighted by Gasteiger charge is -2.30. The van der Waals surface area contributed by atoms with Gasteiger partial charge in [-0.2, -0.15) is 0 Å². The second kappa shape index (κ2) is 10.7. The number of likely N-dealkylation sites (tertiary alicyclic amines) is 1. The molecule has 4 rings (SSSR count). The lowest BCUT2D eigenvalue weighted by molar-refractivity contribution is -0.127. The Morgan fingerprint density at radius 3 is 2.56 bits per heavy atom. The number of hydrogen-bond acceptors (Lipinski definition) is 5. The maximum atomic E-state index is 13.9. The first-order chi connectivity index (χ1) is 16.4. The molecule has 0 saturated carbocycles. The Kier molecular flexibility index (Phi) is 7.47. The van der Waals surface area contributed by atoms with Crippen LogP contribution in [0.15, 0.2) is 53.9 Å². The van der Waals surface area contributed by atoms with E-state index in [0.717, 1.165) is 40.2 Å². The highest BCUT2D eigenvalue weighted by atomic mass is 32.1. The first-order valence-corrected chi connectivity index (χ1v) is 11.9. The smallest absolute Gasteiger partial charge is 0.246 e. The highest BCUT2D eigenvalue weighted by Gasteiger charge is 2.28. The van der Waals surface area contributed by atoms with Gasteiger partial charge in [0.05, 0.1) is 16.3 Å². The maximum absolute atomic E-state index is 13.9. The number of benzene rings is 2. The van der Waals surface area contributed by atoms with Crippen molar-refractivity contribution in [2.45, 2.75) is 26.4 Å². The summed E-state index contributed by atoms with van der Waals surface area (Å²) >= 11 is 1.58. The van der Waals surface area contributed by atoms with E-state index in [9.17, 15) is 18.4 Å². The number of halogens is 2. The molecule has 0 unspecified atom stereocenters. The molecule has 1 saturated heterocycles. The number of thiazole rings is 1. The zero-order chi connectivity index (χ0) is 24.1. The fraction of sp³-hybridized carbons (Fsp3) is 0.269. The van der Waals surface area contributed by atoms with E-state index in [1.54, 1.807) is 22.3 Å². The first kappa shape index (κ1) is 23.8. The number of carbonyl (C=O) groups is 2. The summed E-state index contributed by atoms with van der Waals surface area (Å²) in [5.74, 6) is -1.63. The van der Waals surface area contributed by atoms with E-state index >= 15 is 0 Å². The molecule has 34 heavy (non-hydrogen) atoms. The molecule has 1 fully saturated rings. The fourth-order valence-electron chi connectivity index (χ4n) is 3.85. The average Bonchev–Trinajstić information content (AvgIpc) is 3.28. The van der Waals surface area contributed by atoms with Gasteiger partial charge in [-0.1, -0.05) is 12.1 Å². The summed E-state index contributed by atoms with van der Waals surface area (Å²) in [5, 5.41) is 2.97. The van der Waals surface area contributed by atoms with Crippen molar-refractivity contribution in [3.63, 3.8) is 0 Å². The normalized spacial score (nSPS) is 14.5. The quantitative estimate of drug-likeness (QED) is 0.332. The molecule has 1 aromatic heterocycles. The van der Waals surface area contributed by atoms with E-state index in [-0.39, 0.29) is 11.5 Å². The molecule has 0 bridgehead atoms. The van der Waals surface area contributed by atoms with Gasteiger partial charge in [0.25, 0.3) is 0 Å². The number of Topliss-reactive ketones (excluding diaryl/α,β-unsaturated/α-hetero) is 1. The van der Waals surface area contributed by atoms with Gasteiger partial charge in [0.15, 0.2) is 5.78 Å². The lowest BCUT2D eigenvalue weighted by atomic mass is 9.88. The predicted molar refractivity (Wildman–Crippen MR) is 127 cm³/mol. The van der Waals surface area contributed by atoms with E-state index in [2.05, 4.69) is 4.98 Å². The Bertz CT molecular complexity index is 1200. The maximum Gasteiger partial charge on any atom is 0.246 e. The summed E-state index contributed by atoms with van der Waals surface area (Å²) in [7, 11) is 0. The summed E-state index contributed by atoms with van der Waals surface area (Å²) in [4.78, 5) is 31.2. The van der Waals surface area contributed by atoms with Crippen molar-refractivity contribution < 1.29 is 23.1 Å². The van der Waals surface area contributed by atoms with Gasteiger partial charge >= 0.3 is 0 Å². The van der Waals surface area contributed by atoms with Crippen LogP contribution >= 0.6 is 11.3 Å². The van der Waals surface area contributed by atoms with Gasteiger partial charge in [-0.25, -0.2) is 13.8 Å². The molecule has 1 aliphatic heterocycles. The number of nitrogens with zero attached hydrogens (tertiary/aromatic N) is 2. The molecule has 8 heteroatoms. The Labute approximate surface area is 200 Å². The number of hydrogen-bond donors (Lipinski definition) is 0. The summed E-state index contributed by atoms with van der Waals surface area (Å²) < 4.78 is 33.1. The molecule has 1 amide bonds. The van der Waals surface area contributed by atoms with E-state index < -0.39 is 23.3 Å². The number of carbonyl (C=O) groups excluding carboxylic acids is 2. The molecular formula is C26H24F2N2O3S. The van der Waals surface area contributed by atoms with Gasteiger partial charge in [-0.05, 0) is 61.7 Å². The topological polar surface area (TPSA) is 59.5 Å². The van der Waals surface area contributed by atoms with Gasteiger partial charge in [0, 0.05) is 30.5 Å². The molecule has 0 atom stereocenters. The van der Waals surface area contributed by atoms with Crippen LogP contribution in [0.1, 0.15) is 39.5 Å². The highest BCUT2D eigenvalue weighted by molar-refractivity contribution is 7.09. The Hall–Kier alpha value is -3.39. The number of piperidine rings is 1. The van der Waals surface area contributed by atoms with Crippen molar-refractivity contribution in [1.29, 1.82) is 0 Å². The third-order valence-corrected chi connectivity index (χ3v) is 6.55. The van der Waals surface area contributed by atoms with Crippen LogP contribution in [0.25, 0.3) is 6.08 Å². The van der Waals surface area contributed by atoms with Crippen LogP contribution in [0.3, 0.4) is 0 Å². The molecule has 176 valence electrons. The molecule has 0 N–H and O–H groups in total. The molecule has 1 aliphatic rings. The number of ketones is 1. The van der Waals surface area contributed by atoms with Gasteiger partial charge in [0.2, 0.25) is 5.91 Å². The van der Waals surface area contributed by atoms with Gasteiger partial charge in [0.1, 0.15) is 24.0 Å². The van der Waals surface area contributed by atoms with Crippen LogP contribution < -0.4 is 4.74 Å². The monoisotopic (exact) mass is 482 g/mol. The number of amides is 1. The largest absolute Gasteiger partial charge is 0.487 e. The van der Waals surface area contributed by atoms with Crippen LogP contribution in [0, 0.1) is 24.5 Å². The minimum absolute atomic E-state index is 0.151. The SMILES string of the molecule is Cc1nc(COc2ccc(/C=C/C(=O)N3CCC(C(=O)c4cc(F)ccc4F)CC3)cc2)cs1. The van der Waals surface area contributed by atoms with Crippen LogP contribution in [0.5, 0.6) is 5.75 Å². The van der Waals surface area contributed by atoms with E-state index in [4.69, 9.17) is 4.74 Å². The minimum atomic E-state index is -0.720. The number of aryl methyl sites for hydroxylation is 1. The van der Waals surface area contributed by atoms with E-state index in [1.165, 1.54) is 6.08 Å². The molecule has 2 aromatic carbocycles. The van der Waals surface area contributed by atoms with Crippen molar-refractivity contribution in [2.75, 3.05) is 13.1 Å².